The fourth-order valence-electron chi connectivity index (χ4n) is 1.53. The standard InChI is InChI=1S/C12H15BrClNO2/c1-12(2,11(16)17-3)10(15)8-5-4-7(14)6-9(8)13/h4-6,10H,15H2,1-3H3/t10-/m1/s1. The lowest BCUT2D eigenvalue weighted by Crippen LogP contribution is -2.37. The SMILES string of the molecule is COC(=O)C(C)(C)[C@H](N)c1ccc(Cl)cc1Br. The molecule has 0 radical (unpaired) electrons. The van der Waals surface area contributed by atoms with Gasteiger partial charge in [-0.1, -0.05) is 33.6 Å². The number of esters is 1. The van der Waals surface area contributed by atoms with E-state index in [2.05, 4.69) is 15.9 Å². The van der Waals surface area contributed by atoms with Gasteiger partial charge in [0, 0.05) is 15.5 Å². The summed E-state index contributed by atoms with van der Waals surface area (Å²) in [5, 5.41) is 0.615. The summed E-state index contributed by atoms with van der Waals surface area (Å²) < 4.78 is 5.55. The second kappa shape index (κ2) is 5.38. The quantitative estimate of drug-likeness (QED) is 0.869. The molecule has 0 saturated heterocycles. The van der Waals surface area contributed by atoms with Crippen molar-refractivity contribution in [3.63, 3.8) is 0 Å². The maximum atomic E-state index is 11.7. The molecule has 0 saturated carbocycles. The highest BCUT2D eigenvalue weighted by Gasteiger charge is 2.37. The van der Waals surface area contributed by atoms with Crippen LogP contribution in [0, 0.1) is 5.41 Å². The number of ether oxygens (including phenoxy) is 1. The van der Waals surface area contributed by atoms with Gasteiger partial charge in [0.1, 0.15) is 0 Å². The van der Waals surface area contributed by atoms with Gasteiger partial charge >= 0.3 is 5.97 Å². The molecule has 5 heteroatoms. The van der Waals surface area contributed by atoms with Crippen molar-refractivity contribution in [1.29, 1.82) is 0 Å². The van der Waals surface area contributed by atoms with Gasteiger partial charge in [-0.25, -0.2) is 0 Å². The van der Waals surface area contributed by atoms with Crippen LogP contribution in [-0.4, -0.2) is 13.1 Å². The number of carbonyl (C=O) groups excluding carboxylic acids is 1. The number of carbonyl (C=O) groups is 1. The van der Waals surface area contributed by atoms with Crippen molar-refractivity contribution in [1.82, 2.24) is 0 Å². The van der Waals surface area contributed by atoms with Gasteiger partial charge in [-0.15, -0.1) is 0 Å². The van der Waals surface area contributed by atoms with E-state index >= 15 is 0 Å². The first kappa shape index (κ1) is 14.5. The normalized spacial score (nSPS) is 13.3. The second-order valence-electron chi connectivity index (χ2n) is 4.36. The van der Waals surface area contributed by atoms with E-state index in [0.29, 0.717) is 5.02 Å². The first-order valence-corrected chi connectivity index (χ1v) is 6.26. The Morgan fingerprint density at radius 3 is 2.59 bits per heavy atom. The van der Waals surface area contributed by atoms with Crippen LogP contribution in [0.4, 0.5) is 0 Å². The van der Waals surface area contributed by atoms with Gasteiger partial charge in [-0.2, -0.15) is 0 Å². The number of methoxy groups -OCH3 is 1. The average Bonchev–Trinajstić information content (AvgIpc) is 2.27. The molecule has 0 unspecified atom stereocenters. The molecule has 1 aromatic rings. The first-order chi connectivity index (χ1) is 7.80. The van der Waals surface area contributed by atoms with Crippen LogP contribution in [0.3, 0.4) is 0 Å². The monoisotopic (exact) mass is 319 g/mol. The molecular weight excluding hydrogens is 305 g/mol. The third-order valence-electron chi connectivity index (χ3n) is 2.79. The van der Waals surface area contributed by atoms with Crippen molar-refractivity contribution >= 4 is 33.5 Å². The molecule has 0 aromatic heterocycles. The molecule has 3 nitrogen and oxygen atoms in total. The third kappa shape index (κ3) is 3.00. The van der Waals surface area contributed by atoms with E-state index in [0.717, 1.165) is 10.0 Å². The van der Waals surface area contributed by atoms with Crippen molar-refractivity contribution < 1.29 is 9.53 Å². The minimum atomic E-state index is -0.800. The van der Waals surface area contributed by atoms with Gasteiger partial charge in [0.05, 0.1) is 12.5 Å². The van der Waals surface area contributed by atoms with E-state index in [9.17, 15) is 4.79 Å². The topological polar surface area (TPSA) is 52.3 Å². The lowest BCUT2D eigenvalue weighted by atomic mass is 9.81. The molecule has 0 aliphatic heterocycles. The zero-order valence-corrected chi connectivity index (χ0v) is 12.3. The van der Waals surface area contributed by atoms with E-state index in [1.807, 2.05) is 6.07 Å². The fourth-order valence-corrected chi connectivity index (χ4v) is 2.46. The van der Waals surface area contributed by atoms with E-state index in [-0.39, 0.29) is 5.97 Å². The predicted molar refractivity (Wildman–Crippen MR) is 71.9 cm³/mol. The van der Waals surface area contributed by atoms with Crippen LogP contribution in [-0.2, 0) is 9.53 Å². The van der Waals surface area contributed by atoms with Gasteiger partial charge in [-0.05, 0) is 31.5 Å². The summed E-state index contributed by atoms with van der Waals surface area (Å²) in [6.07, 6.45) is 0. The zero-order valence-electron chi connectivity index (χ0n) is 9.96. The Morgan fingerprint density at radius 1 is 1.53 bits per heavy atom. The van der Waals surface area contributed by atoms with Crippen molar-refractivity contribution in [3.8, 4) is 0 Å². The van der Waals surface area contributed by atoms with Gasteiger partial charge in [0.2, 0.25) is 0 Å². The molecule has 0 fully saturated rings. The summed E-state index contributed by atoms with van der Waals surface area (Å²) in [5.41, 5.74) is 6.15. The van der Waals surface area contributed by atoms with E-state index < -0.39 is 11.5 Å². The maximum Gasteiger partial charge on any atom is 0.313 e. The molecule has 2 N–H and O–H groups in total. The summed E-state index contributed by atoms with van der Waals surface area (Å²) >= 11 is 9.26. The Labute approximate surface area is 114 Å². The molecule has 1 atom stereocenters. The van der Waals surface area contributed by atoms with E-state index in [1.54, 1.807) is 26.0 Å². The summed E-state index contributed by atoms with van der Waals surface area (Å²) in [5.74, 6) is -0.341. The second-order valence-corrected chi connectivity index (χ2v) is 5.65. The van der Waals surface area contributed by atoms with Crippen molar-refractivity contribution in [2.45, 2.75) is 19.9 Å². The smallest absolute Gasteiger partial charge is 0.313 e. The first-order valence-electron chi connectivity index (χ1n) is 5.09. The zero-order chi connectivity index (χ0) is 13.2. The Morgan fingerprint density at radius 2 is 2.12 bits per heavy atom. The highest BCUT2D eigenvalue weighted by atomic mass is 79.9. The molecule has 1 aromatic carbocycles. The molecule has 17 heavy (non-hydrogen) atoms. The number of benzene rings is 1. The Balaban J connectivity index is 3.11. The molecule has 0 aliphatic rings. The number of nitrogens with two attached hydrogens (primary N) is 1. The Hall–Kier alpha value is -0.580. The van der Waals surface area contributed by atoms with Gasteiger partial charge in [0.15, 0.2) is 0 Å². The van der Waals surface area contributed by atoms with E-state index in [4.69, 9.17) is 22.1 Å². The minimum absolute atomic E-state index is 0.341. The summed E-state index contributed by atoms with van der Waals surface area (Å²) in [6, 6.07) is 4.84. The number of hydrogen-bond acceptors (Lipinski definition) is 3. The number of rotatable bonds is 3. The molecule has 0 bridgehead atoms. The molecule has 1 rings (SSSR count). The molecule has 0 amide bonds. The van der Waals surface area contributed by atoms with Gasteiger partial charge in [-0.3, -0.25) is 4.79 Å². The molecule has 0 spiro atoms. The largest absolute Gasteiger partial charge is 0.469 e. The van der Waals surface area contributed by atoms with Crippen LogP contribution < -0.4 is 5.73 Å². The summed E-state index contributed by atoms with van der Waals surface area (Å²) in [7, 11) is 1.35. The van der Waals surface area contributed by atoms with Crippen LogP contribution in [0.15, 0.2) is 22.7 Å². The summed E-state index contributed by atoms with van der Waals surface area (Å²) in [4.78, 5) is 11.7. The minimum Gasteiger partial charge on any atom is -0.469 e. The number of hydrogen-bond donors (Lipinski definition) is 1. The molecule has 94 valence electrons. The van der Waals surface area contributed by atoms with Crippen LogP contribution in [0.2, 0.25) is 5.02 Å². The van der Waals surface area contributed by atoms with Crippen LogP contribution >= 0.6 is 27.5 Å². The van der Waals surface area contributed by atoms with Crippen LogP contribution in [0.25, 0.3) is 0 Å². The average molecular weight is 321 g/mol. The third-order valence-corrected chi connectivity index (χ3v) is 3.71. The summed E-state index contributed by atoms with van der Waals surface area (Å²) in [6.45, 7) is 3.51. The lowest BCUT2D eigenvalue weighted by Gasteiger charge is -2.29. The van der Waals surface area contributed by atoms with Crippen LogP contribution in [0.1, 0.15) is 25.5 Å². The fraction of sp³-hybridized carbons (Fsp3) is 0.417. The van der Waals surface area contributed by atoms with Crippen molar-refractivity contribution in [2.75, 3.05) is 7.11 Å². The molecular formula is C12H15BrClNO2. The van der Waals surface area contributed by atoms with Gasteiger partial charge < -0.3 is 10.5 Å². The Kier molecular flexibility index (Phi) is 4.58. The number of halogens is 2. The molecule has 0 heterocycles. The lowest BCUT2D eigenvalue weighted by molar-refractivity contribution is -0.152. The van der Waals surface area contributed by atoms with E-state index in [1.165, 1.54) is 7.11 Å². The predicted octanol–water partition coefficient (Wildman–Crippen LogP) is 3.30. The van der Waals surface area contributed by atoms with Gasteiger partial charge in [0.25, 0.3) is 0 Å². The highest BCUT2D eigenvalue weighted by molar-refractivity contribution is 9.10. The maximum absolute atomic E-state index is 11.7. The van der Waals surface area contributed by atoms with Crippen molar-refractivity contribution in [2.24, 2.45) is 11.1 Å². The van der Waals surface area contributed by atoms with Crippen LogP contribution in [0.5, 0.6) is 0 Å². The highest BCUT2D eigenvalue weighted by Crippen LogP contribution is 2.36. The molecule has 0 aliphatic carbocycles. The Bertz CT molecular complexity index is 435. The van der Waals surface area contributed by atoms with Crippen molar-refractivity contribution in [3.05, 3.63) is 33.3 Å².